The van der Waals surface area contributed by atoms with Crippen molar-refractivity contribution in [2.75, 3.05) is 20.3 Å². The molecule has 0 aliphatic carbocycles. The van der Waals surface area contributed by atoms with E-state index < -0.39 is 5.91 Å². The van der Waals surface area contributed by atoms with Gasteiger partial charge in [-0.25, -0.2) is 0 Å². The van der Waals surface area contributed by atoms with Crippen molar-refractivity contribution in [2.45, 2.75) is 6.42 Å². The molecule has 1 amide bonds. The van der Waals surface area contributed by atoms with E-state index in [-0.39, 0.29) is 11.5 Å². The molecule has 3 N–H and O–H groups in total. The Bertz CT molecular complexity index is 238. The average molecular weight is 216 g/mol. The summed E-state index contributed by atoms with van der Waals surface area (Å²) in [6.07, 6.45) is -0.201. The molecule has 0 radical (unpaired) electrons. The summed E-state index contributed by atoms with van der Waals surface area (Å²) >= 11 is 4.79. The van der Waals surface area contributed by atoms with E-state index in [9.17, 15) is 4.79 Å². The number of hydrogen-bond acceptors (Lipinski definition) is 4. The fourth-order valence-electron chi connectivity index (χ4n) is 0.553. The quantitative estimate of drug-likeness (QED) is 0.319. The van der Waals surface area contributed by atoms with Gasteiger partial charge in [0.25, 0.3) is 5.91 Å². The summed E-state index contributed by atoms with van der Waals surface area (Å²) in [5.41, 5.74) is 4.69. The van der Waals surface area contributed by atoms with Crippen LogP contribution in [0.4, 0.5) is 0 Å². The second kappa shape index (κ2) is 8.22. The Morgan fingerprint density at radius 1 is 1.57 bits per heavy atom. The minimum Gasteiger partial charge on any atom is -0.383 e. The van der Waals surface area contributed by atoms with Gasteiger partial charge in [0.2, 0.25) is 0 Å². The van der Waals surface area contributed by atoms with Crippen LogP contribution in [-0.2, 0) is 9.53 Å². The Hall–Kier alpha value is -1.39. The largest absolute Gasteiger partial charge is 0.383 e. The standard InChI is InChI=1S/C7H12N4O2S/c1-13-5-4-9-7(14)11-10-6(12)2-3-8/h2,4-5H2,1H3,(H,10,12)(H2,9,11,14). The van der Waals surface area contributed by atoms with E-state index in [1.807, 2.05) is 0 Å². The molecular weight excluding hydrogens is 204 g/mol. The topological polar surface area (TPSA) is 86.2 Å². The van der Waals surface area contributed by atoms with Crippen LogP contribution in [0.25, 0.3) is 0 Å². The smallest absolute Gasteiger partial charge is 0.252 e. The number of hydrogen-bond donors (Lipinski definition) is 3. The average Bonchev–Trinajstić information content (AvgIpc) is 2.16. The second-order valence-corrected chi connectivity index (χ2v) is 2.67. The fourth-order valence-corrected chi connectivity index (χ4v) is 0.706. The molecule has 0 rings (SSSR count). The van der Waals surface area contributed by atoms with Gasteiger partial charge in [0.15, 0.2) is 5.11 Å². The molecule has 0 heterocycles. The molecule has 0 fully saturated rings. The molecule has 0 aromatic rings. The van der Waals surface area contributed by atoms with Gasteiger partial charge in [-0.2, -0.15) is 5.26 Å². The molecule has 0 unspecified atom stereocenters. The zero-order valence-electron chi connectivity index (χ0n) is 7.79. The number of rotatable bonds is 4. The van der Waals surface area contributed by atoms with Crippen molar-refractivity contribution in [3.8, 4) is 6.07 Å². The van der Waals surface area contributed by atoms with Gasteiger partial charge in [0, 0.05) is 13.7 Å². The van der Waals surface area contributed by atoms with Crippen LogP contribution in [0, 0.1) is 11.3 Å². The van der Waals surface area contributed by atoms with E-state index in [1.165, 1.54) is 0 Å². The Kier molecular flexibility index (Phi) is 7.40. The highest BCUT2D eigenvalue weighted by atomic mass is 32.1. The zero-order valence-corrected chi connectivity index (χ0v) is 8.61. The van der Waals surface area contributed by atoms with Gasteiger partial charge in [0.05, 0.1) is 12.7 Å². The molecule has 0 aromatic carbocycles. The summed E-state index contributed by atoms with van der Waals surface area (Å²) in [7, 11) is 1.58. The van der Waals surface area contributed by atoms with Crippen molar-refractivity contribution >= 4 is 23.2 Å². The molecule has 0 aromatic heterocycles. The van der Waals surface area contributed by atoms with Gasteiger partial charge in [-0.05, 0) is 12.2 Å². The van der Waals surface area contributed by atoms with Gasteiger partial charge in [-0.1, -0.05) is 0 Å². The van der Waals surface area contributed by atoms with Gasteiger partial charge >= 0.3 is 0 Å². The number of hydrazine groups is 1. The van der Waals surface area contributed by atoms with Crippen LogP contribution < -0.4 is 16.2 Å². The number of thiocarbonyl (C=S) groups is 1. The van der Waals surface area contributed by atoms with Crippen LogP contribution in [0.5, 0.6) is 0 Å². The van der Waals surface area contributed by atoms with Crippen LogP contribution in [0.1, 0.15) is 6.42 Å². The lowest BCUT2D eigenvalue weighted by molar-refractivity contribution is -0.120. The Morgan fingerprint density at radius 3 is 2.86 bits per heavy atom. The maximum absolute atomic E-state index is 10.8. The van der Waals surface area contributed by atoms with Crippen molar-refractivity contribution in [3.63, 3.8) is 0 Å². The monoisotopic (exact) mass is 216 g/mol. The first kappa shape index (κ1) is 12.6. The molecular formula is C7H12N4O2S. The molecule has 0 bridgehead atoms. The molecule has 7 heteroatoms. The summed E-state index contributed by atoms with van der Waals surface area (Å²) in [5.74, 6) is -0.427. The summed E-state index contributed by atoms with van der Waals surface area (Å²) in [5, 5.41) is 11.2. The van der Waals surface area contributed by atoms with Crippen LogP contribution in [0.3, 0.4) is 0 Å². The highest BCUT2D eigenvalue weighted by Crippen LogP contribution is 1.72. The Labute approximate surface area is 87.6 Å². The SMILES string of the molecule is COCCNC(=S)NNC(=O)CC#N. The van der Waals surface area contributed by atoms with Crippen LogP contribution in [-0.4, -0.2) is 31.3 Å². The molecule has 6 nitrogen and oxygen atoms in total. The van der Waals surface area contributed by atoms with Crippen molar-refractivity contribution in [1.82, 2.24) is 16.2 Å². The normalized spacial score (nSPS) is 8.57. The lowest BCUT2D eigenvalue weighted by Gasteiger charge is -2.09. The number of nitrogens with zero attached hydrogens (tertiary/aromatic N) is 1. The zero-order chi connectivity index (χ0) is 10.8. The van der Waals surface area contributed by atoms with Gasteiger partial charge in [-0.3, -0.25) is 15.6 Å². The van der Waals surface area contributed by atoms with Gasteiger partial charge in [0.1, 0.15) is 6.42 Å². The highest BCUT2D eigenvalue weighted by Gasteiger charge is 1.99. The first-order chi connectivity index (χ1) is 6.70. The summed E-state index contributed by atoms with van der Waals surface area (Å²) in [4.78, 5) is 10.8. The maximum Gasteiger partial charge on any atom is 0.252 e. The van der Waals surface area contributed by atoms with Gasteiger partial charge < -0.3 is 10.1 Å². The first-order valence-electron chi connectivity index (χ1n) is 3.89. The number of amides is 1. The predicted molar refractivity (Wildman–Crippen MR) is 54.0 cm³/mol. The lowest BCUT2D eigenvalue weighted by atomic mass is 10.5. The highest BCUT2D eigenvalue weighted by molar-refractivity contribution is 7.80. The number of nitrogens with one attached hydrogen (secondary N) is 3. The van der Waals surface area contributed by atoms with E-state index in [0.29, 0.717) is 13.2 Å². The molecule has 0 saturated heterocycles. The molecule has 0 atom stereocenters. The predicted octanol–water partition coefficient (Wildman–Crippen LogP) is -0.958. The molecule has 0 aliphatic rings. The molecule has 78 valence electrons. The Balaban J connectivity index is 3.45. The summed E-state index contributed by atoms with van der Waals surface area (Å²) in [6, 6.07) is 1.71. The van der Waals surface area contributed by atoms with Crippen molar-refractivity contribution in [1.29, 1.82) is 5.26 Å². The number of carbonyl (C=O) groups is 1. The molecule has 14 heavy (non-hydrogen) atoms. The maximum atomic E-state index is 10.8. The number of nitriles is 1. The van der Waals surface area contributed by atoms with E-state index in [1.54, 1.807) is 13.2 Å². The summed E-state index contributed by atoms with van der Waals surface area (Å²) < 4.78 is 4.78. The Morgan fingerprint density at radius 2 is 2.29 bits per heavy atom. The van der Waals surface area contributed by atoms with E-state index in [4.69, 9.17) is 22.2 Å². The van der Waals surface area contributed by atoms with Crippen LogP contribution >= 0.6 is 12.2 Å². The van der Waals surface area contributed by atoms with Crippen molar-refractivity contribution < 1.29 is 9.53 Å². The number of methoxy groups -OCH3 is 1. The number of carbonyl (C=O) groups excluding carboxylic acids is 1. The number of ether oxygens (including phenoxy) is 1. The molecule has 0 saturated carbocycles. The summed E-state index contributed by atoms with van der Waals surface area (Å²) in [6.45, 7) is 1.07. The molecule has 0 aliphatic heterocycles. The van der Waals surface area contributed by atoms with Crippen LogP contribution in [0.15, 0.2) is 0 Å². The minimum atomic E-state index is -0.427. The third-order valence-electron chi connectivity index (χ3n) is 1.15. The van der Waals surface area contributed by atoms with Crippen molar-refractivity contribution in [2.24, 2.45) is 0 Å². The van der Waals surface area contributed by atoms with E-state index in [0.717, 1.165) is 0 Å². The van der Waals surface area contributed by atoms with Crippen LogP contribution in [0.2, 0.25) is 0 Å². The fraction of sp³-hybridized carbons (Fsp3) is 0.571. The van der Waals surface area contributed by atoms with Gasteiger partial charge in [-0.15, -0.1) is 0 Å². The minimum absolute atomic E-state index is 0.201. The van der Waals surface area contributed by atoms with E-state index >= 15 is 0 Å². The lowest BCUT2D eigenvalue weighted by Crippen LogP contribution is -2.47. The molecule has 0 spiro atoms. The second-order valence-electron chi connectivity index (χ2n) is 2.26. The van der Waals surface area contributed by atoms with E-state index in [2.05, 4.69) is 16.2 Å². The third-order valence-corrected chi connectivity index (χ3v) is 1.39. The van der Waals surface area contributed by atoms with Crippen molar-refractivity contribution in [3.05, 3.63) is 0 Å². The first-order valence-corrected chi connectivity index (χ1v) is 4.30. The third kappa shape index (κ3) is 7.27.